The zero-order valence-electron chi connectivity index (χ0n) is 15.2. The Kier molecular flexibility index (Phi) is 8.06. The van der Waals surface area contributed by atoms with Crippen molar-refractivity contribution in [2.75, 3.05) is 23.9 Å². The van der Waals surface area contributed by atoms with Gasteiger partial charge in [0.1, 0.15) is 0 Å². The third-order valence-electron chi connectivity index (χ3n) is 3.62. The van der Waals surface area contributed by atoms with Gasteiger partial charge in [0.15, 0.2) is 0 Å². The molecule has 138 valence electrons. The van der Waals surface area contributed by atoms with Gasteiger partial charge in [0.2, 0.25) is 5.91 Å². The SMILES string of the molecule is COC(=O)CCSCC(=O)Nc1ccc(Sc2cc(C)ccc2C)cc1. The Balaban J connectivity index is 1.82. The molecular weight excluding hydrogens is 366 g/mol. The molecule has 4 nitrogen and oxygen atoms in total. The molecule has 0 spiro atoms. The number of ether oxygens (including phenoxy) is 1. The summed E-state index contributed by atoms with van der Waals surface area (Å²) in [5.41, 5.74) is 3.27. The lowest BCUT2D eigenvalue weighted by Gasteiger charge is -2.09. The van der Waals surface area contributed by atoms with E-state index < -0.39 is 0 Å². The Bertz CT molecular complexity index is 760. The highest BCUT2D eigenvalue weighted by molar-refractivity contribution is 8.00. The van der Waals surface area contributed by atoms with Gasteiger partial charge in [-0.1, -0.05) is 23.9 Å². The highest BCUT2D eigenvalue weighted by Crippen LogP contribution is 2.31. The van der Waals surface area contributed by atoms with Gasteiger partial charge >= 0.3 is 5.97 Å². The number of hydrogen-bond donors (Lipinski definition) is 1. The molecule has 0 aliphatic heterocycles. The summed E-state index contributed by atoms with van der Waals surface area (Å²) in [4.78, 5) is 25.3. The molecule has 1 amide bonds. The van der Waals surface area contributed by atoms with Crippen LogP contribution >= 0.6 is 23.5 Å². The number of benzene rings is 2. The molecule has 0 radical (unpaired) electrons. The standard InChI is InChI=1S/C20H23NO3S2/c1-14-4-5-15(2)18(12-14)26-17-8-6-16(7-9-17)21-19(22)13-25-11-10-20(23)24-3/h4-9,12H,10-11,13H2,1-3H3,(H,21,22). The Morgan fingerprint density at radius 1 is 1.08 bits per heavy atom. The van der Waals surface area contributed by atoms with E-state index in [4.69, 9.17) is 0 Å². The summed E-state index contributed by atoms with van der Waals surface area (Å²) in [5.74, 6) is 0.561. The average Bonchev–Trinajstić information content (AvgIpc) is 2.63. The quantitative estimate of drug-likeness (QED) is 0.524. The number of nitrogens with one attached hydrogen (secondary N) is 1. The monoisotopic (exact) mass is 389 g/mol. The predicted octanol–water partition coefficient (Wildman–Crippen LogP) is 4.69. The molecule has 0 aliphatic rings. The Hall–Kier alpha value is -1.92. The second kappa shape index (κ2) is 10.3. The van der Waals surface area contributed by atoms with Gasteiger partial charge in [0, 0.05) is 21.2 Å². The summed E-state index contributed by atoms with van der Waals surface area (Å²) in [6.07, 6.45) is 0.318. The summed E-state index contributed by atoms with van der Waals surface area (Å²) < 4.78 is 4.57. The number of anilines is 1. The van der Waals surface area contributed by atoms with Crippen molar-refractivity contribution in [3.05, 3.63) is 53.6 Å². The highest BCUT2D eigenvalue weighted by Gasteiger charge is 2.06. The fraction of sp³-hybridized carbons (Fsp3) is 0.300. The van der Waals surface area contributed by atoms with Crippen molar-refractivity contribution in [1.82, 2.24) is 0 Å². The summed E-state index contributed by atoms with van der Waals surface area (Å²) >= 11 is 3.13. The molecule has 0 saturated carbocycles. The number of esters is 1. The molecule has 0 aliphatic carbocycles. The van der Waals surface area contributed by atoms with E-state index in [2.05, 4.69) is 42.1 Å². The van der Waals surface area contributed by atoms with Crippen LogP contribution in [0.3, 0.4) is 0 Å². The van der Waals surface area contributed by atoms with Gasteiger partial charge < -0.3 is 10.1 Å². The highest BCUT2D eigenvalue weighted by atomic mass is 32.2. The first kappa shape index (κ1) is 20.4. The van der Waals surface area contributed by atoms with Crippen LogP contribution in [0.15, 0.2) is 52.3 Å². The van der Waals surface area contributed by atoms with E-state index in [0.29, 0.717) is 17.9 Å². The first-order chi connectivity index (χ1) is 12.5. The number of thioether (sulfide) groups is 1. The first-order valence-electron chi connectivity index (χ1n) is 8.27. The van der Waals surface area contributed by atoms with E-state index in [0.717, 1.165) is 10.6 Å². The van der Waals surface area contributed by atoms with Crippen LogP contribution in [0.1, 0.15) is 17.5 Å². The maximum atomic E-state index is 11.9. The maximum Gasteiger partial charge on any atom is 0.306 e. The molecule has 0 saturated heterocycles. The number of hydrogen-bond acceptors (Lipinski definition) is 5. The molecule has 0 heterocycles. The van der Waals surface area contributed by atoms with Crippen LogP contribution in [0.25, 0.3) is 0 Å². The number of amides is 1. The Morgan fingerprint density at radius 3 is 2.50 bits per heavy atom. The molecule has 6 heteroatoms. The zero-order chi connectivity index (χ0) is 18.9. The zero-order valence-corrected chi connectivity index (χ0v) is 16.8. The molecule has 0 aromatic heterocycles. The molecule has 0 unspecified atom stereocenters. The van der Waals surface area contributed by atoms with Crippen LogP contribution in [0.2, 0.25) is 0 Å². The molecular formula is C20H23NO3S2. The Morgan fingerprint density at radius 2 is 1.81 bits per heavy atom. The third-order valence-corrected chi connectivity index (χ3v) is 5.75. The van der Waals surface area contributed by atoms with Crippen molar-refractivity contribution in [3.63, 3.8) is 0 Å². The van der Waals surface area contributed by atoms with Crippen molar-refractivity contribution in [3.8, 4) is 0 Å². The maximum absolute atomic E-state index is 11.9. The molecule has 0 atom stereocenters. The van der Waals surface area contributed by atoms with E-state index in [1.165, 1.54) is 34.9 Å². The van der Waals surface area contributed by atoms with Crippen LogP contribution in [-0.2, 0) is 14.3 Å². The summed E-state index contributed by atoms with van der Waals surface area (Å²) in [6.45, 7) is 4.19. The van der Waals surface area contributed by atoms with Crippen molar-refractivity contribution in [1.29, 1.82) is 0 Å². The molecule has 0 fully saturated rings. The van der Waals surface area contributed by atoms with E-state index >= 15 is 0 Å². The van der Waals surface area contributed by atoms with Gasteiger partial charge in [-0.15, -0.1) is 0 Å². The molecule has 2 rings (SSSR count). The summed E-state index contributed by atoms with van der Waals surface area (Å²) in [5, 5.41) is 2.87. The smallest absolute Gasteiger partial charge is 0.306 e. The second-order valence-electron chi connectivity index (χ2n) is 5.82. The number of methoxy groups -OCH3 is 1. The first-order valence-corrected chi connectivity index (χ1v) is 10.2. The topological polar surface area (TPSA) is 55.4 Å². The number of rotatable bonds is 8. The number of carbonyl (C=O) groups excluding carboxylic acids is 2. The van der Waals surface area contributed by atoms with E-state index in [9.17, 15) is 9.59 Å². The predicted molar refractivity (Wildman–Crippen MR) is 109 cm³/mol. The minimum Gasteiger partial charge on any atom is -0.469 e. The van der Waals surface area contributed by atoms with E-state index in [1.807, 2.05) is 24.3 Å². The van der Waals surface area contributed by atoms with Gasteiger partial charge in [-0.05, 0) is 55.3 Å². The van der Waals surface area contributed by atoms with Crippen LogP contribution in [-0.4, -0.2) is 30.5 Å². The summed E-state index contributed by atoms with van der Waals surface area (Å²) in [6, 6.07) is 14.3. The molecule has 2 aromatic carbocycles. The van der Waals surface area contributed by atoms with Gasteiger partial charge in [-0.3, -0.25) is 9.59 Å². The minimum absolute atomic E-state index is 0.0743. The van der Waals surface area contributed by atoms with Crippen LogP contribution < -0.4 is 5.32 Å². The lowest BCUT2D eigenvalue weighted by atomic mass is 10.2. The second-order valence-corrected chi connectivity index (χ2v) is 8.04. The van der Waals surface area contributed by atoms with Crippen molar-refractivity contribution in [2.24, 2.45) is 0 Å². The van der Waals surface area contributed by atoms with Crippen molar-refractivity contribution < 1.29 is 14.3 Å². The summed E-state index contributed by atoms with van der Waals surface area (Å²) in [7, 11) is 1.36. The average molecular weight is 390 g/mol. The Labute approximate surface area is 163 Å². The molecule has 0 bridgehead atoms. The van der Waals surface area contributed by atoms with Gasteiger partial charge in [0.05, 0.1) is 19.3 Å². The molecule has 2 aromatic rings. The van der Waals surface area contributed by atoms with E-state index in [-0.39, 0.29) is 11.9 Å². The van der Waals surface area contributed by atoms with Crippen molar-refractivity contribution in [2.45, 2.75) is 30.1 Å². The minimum atomic E-state index is -0.255. The molecule has 26 heavy (non-hydrogen) atoms. The van der Waals surface area contributed by atoms with Gasteiger partial charge in [0.25, 0.3) is 0 Å². The van der Waals surface area contributed by atoms with Gasteiger partial charge in [-0.25, -0.2) is 0 Å². The van der Waals surface area contributed by atoms with Crippen LogP contribution in [0.5, 0.6) is 0 Å². The number of carbonyl (C=O) groups is 2. The van der Waals surface area contributed by atoms with E-state index in [1.54, 1.807) is 11.8 Å². The lowest BCUT2D eigenvalue weighted by molar-refractivity contribution is -0.140. The normalized spacial score (nSPS) is 10.4. The fourth-order valence-electron chi connectivity index (χ4n) is 2.17. The number of aryl methyl sites for hydroxylation is 2. The lowest BCUT2D eigenvalue weighted by Crippen LogP contribution is -2.14. The van der Waals surface area contributed by atoms with Crippen molar-refractivity contribution >= 4 is 41.1 Å². The fourth-order valence-corrected chi connectivity index (χ4v) is 3.88. The van der Waals surface area contributed by atoms with Crippen LogP contribution in [0.4, 0.5) is 5.69 Å². The molecule has 1 N–H and O–H groups in total. The van der Waals surface area contributed by atoms with Crippen LogP contribution in [0, 0.1) is 13.8 Å². The largest absolute Gasteiger partial charge is 0.469 e. The van der Waals surface area contributed by atoms with Gasteiger partial charge in [-0.2, -0.15) is 11.8 Å². The third kappa shape index (κ3) is 6.77.